The summed E-state index contributed by atoms with van der Waals surface area (Å²) >= 11 is 0. The summed E-state index contributed by atoms with van der Waals surface area (Å²) in [5, 5.41) is 4.41. The molecule has 4 rings (SSSR count). The van der Waals surface area contributed by atoms with E-state index >= 15 is 0 Å². The second-order valence-electron chi connectivity index (χ2n) is 6.31. The smallest absolute Gasteiger partial charge is 0.263 e. The third-order valence-electron chi connectivity index (χ3n) is 4.58. The maximum absolute atomic E-state index is 12.7. The minimum atomic E-state index is -0.271. The van der Waals surface area contributed by atoms with E-state index in [1.54, 1.807) is 47.2 Å². The van der Waals surface area contributed by atoms with Crippen molar-refractivity contribution in [2.45, 2.75) is 6.92 Å². The van der Waals surface area contributed by atoms with Gasteiger partial charge in [0.15, 0.2) is 11.5 Å². The SMILES string of the molecule is Cc1nc2cncc(N3CCN(C(=O)c4cccn(C)c4=O)CC3)n2n1. The second kappa shape index (κ2) is 6.25. The Kier molecular flexibility index (Phi) is 3.90. The van der Waals surface area contributed by atoms with Crippen LogP contribution in [0.5, 0.6) is 0 Å². The van der Waals surface area contributed by atoms with Crippen molar-refractivity contribution in [2.75, 3.05) is 31.1 Å². The molecular formula is C17H19N7O2. The van der Waals surface area contributed by atoms with E-state index in [1.807, 2.05) is 6.92 Å². The topological polar surface area (TPSA) is 88.6 Å². The molecule has 0 bridgehead atoms. The van der Waals surface area contributed by atoms with Crippen LogP contribution in [-0.4, -0.2) is 61.1 Å². The number of carbonyl (C=O) groups is 1. The van der Waals surface area contributed by atoms with Crippen molar-refractivity contribution in [2.24, 2.45) is 7.05 Å². The number of aryl methyl sites for hydroxylation is 2. The summed E-state index contributed by atoms with van der Waals surface area (Å²) in [6.07, 6.45) is 5.07. The summed E-state index contributed by atoms with van der Waals surface area (Å²) in [5.41, 5.74) is 0.636. The van der Waals surface area contributed by atoms with E-state index in [9.17, 15) is 9.59 Å². The van der Waals surface area contributed by atoms with Crippen LogP contribution < -0.4 is 10.5 Å². The molecule has 0 aliphatic carbocycles. The number of fused-ring (bicyclic) bond motifs is 1. The Labute approximate surface area is 149 Å². The van der Waals surface area contributed by atoms with Crippen LogP contribution in [0, 0.1) is 6.92 Å². The van der Waals surface area contributed by atoms with Gasteiger partial charge in [-0.1, -0.05) is 0 Å². The molecule has 0 radical (unpaired) electrons. The second-order valence-corrected chi connectivity index (χ2v) is 6.31. The zero-order chi connectivity index (χ0) is 18.3. The lowest BCUT2D eigenvalue weighted by Gasteiger charge is -2.35. The minimum Gasteiger partial charge on any atom is -0.352 e. The average molecular weight is 353 g/mol. The standard InChI is InChI=1S/C17H19N7O2/c1-12-19-14-10-18-11-15(24(14)20-12)22-6-8-23(9-7-22)17(26)13-4-3-5-21(2)16(13)25/h3-5,10-11H,6-9H2,1-2H3. The van der Waals surface area contributed by atoms with Crippen LogP contribution in [0.25, 0.3) is 5.65 Å². The van der Waals surface area contributed by atoms with Gasteiger partial charge < -0.3 is 14.4 Å². The normalized spacial score (nSPS) is 14.8. The highest BCUT2D eigenvalue weighted by Gasteiger charge is 2.25. The Morgan fingerprint density at radius 3 is 2.69 bits per heavy atom. The summed E-state index contributed by atoms with van der Waals surface area (Å²) in [4.78, 5) is 37.3. The van der Waals surface area contributed by atoms with Crippen LogP contribution >= 0.6 is 0 Å². The maximum Gasteiger partial charge on any atom is 0.263 e. The van der Waals surface area contributed by atoms with Gasteiger partial charge >= 0.3 is 0 Å². The first-order chi connectivity index (χ1) is 12.5. The Morgan fingerprint density at radius 1 is 1.15 bits per heavy atom. The molecule has 0 spiro atoms. The van der Waals surface area contributed by atoms with Gasteiger partial charge in [-0.15, -0.1) is 5.10 Å². The zero-order valence-electron chi connectivity index (χ0n) is 14.7. The van der Waals surface area contributed by atoms with Gasteiger partial charge in [-0.05, 0) is 19.1 Å². The zero-order valence-corrected chi connectivity index (χ0v) is 14.7. The molecule has 0 atom stereocenters. The number of pyridine rings is 1. The molecule has 4 heterocycles. The van der Waals surface area contributed by atoms with Gasteiger partial charge in [0.1, 0.15) is 11.4 Å². The van der Waals surface area contributed by atoms with E-state index < -0.39 is 0 Å². The third-order valence-corrected chi connectivity index (χ3v) is 4.58. The molecule has 1 saturated heterocycles. The Morgan fingerprint density at radius 2 is 1.92 bits per heavy atom. The Bertz CT molecular complexity index is 1030. The van der Waals surface area contributed by atoms with Gasteiger partial charge in [0, 0.05) is 39.4 Å². The van der Waals surface area contributed by atoms with Crippen LogP contribution in [0.3, 0.4) is 0 Å². The number of carbonyl (C=O) groups excluding carboxylic acids is 1. The van der Waals surface area contributed by atoms with Gasteiger partial charge in [0.2, 0.25) is 0 Å². The highest BCUT2D eigenvalue weighted by Crippen LogP contribution is 2.17. The molecule has 1 aliphatic heterocycles. The molecular weight excluding hydrogens is 334 g/mol. The van der Waals surface area contributed by atoms with Crippen molar-refractivity contribution in [3.05, 3.63) is 52.5 Å². The van der Waals surface area contributed by atoms with Gasteiger partial charge in [-0.25, -0.2) is 4.98 Å². The largest absolute Gasteiger partial charge is 0.352 e. The van der Waals surface area contributed by atoms with Crippen molar-refractivity contribution in [3.8, 4) is 0 Å². The number of piperazine rings is 1. The predicted molar refractivity (Wildman–Crippen MR) is 95.3 cm³/mol. The molecule has 0 N–H and O–H groups in total. The fraction of sp³-hybridized carbons (Fsp3) is 0.353. The quantitative estimate of drug-likeness (QED) is 0.649. The fourth-order valence-corrected chi connectivity index (χ4v) is 3.19. The van der Waals surface area contributed by atoms with Crippen molar-refractivity contribution in [1.82, 2.24) is 29.0 Å². The molecule has 3 aromatic rings. The van der Waals surface area contributed by atoms with Crippen LogP contribution in [0.2, 0.25) is 0 Å². The molecule has 26 heavy (non-hydrogen) atoms. The van der Waals surface area contributed by atoms with Gasteiger partial charge in [-0.3, -0.25) is 14.6 Å². The first-order valence-electron chi connectivity index (χ1n) is 8.42. The molecule has 1 aliphatic rings. The molecule has 0 saturated carbocycles. The maximum atomic E-state index is 12.7. The summed E-state index contributed by atoms with van der Waals surface area (Å²) in [6.45, 7) is 4.17. The Hall–Kier alpha value is -3.23. The fourth-order valence-electron chi connectivity index (χ4n) is 3.19. The van der Waals surface area contributed by atoms with Gasteiger partial charge in [0.25, 0.3) is 11.5 Å². The van der Waals surface area contributed by atoms with Crippen molar-refractivity contribution >= 4 is 17.4 Å². The lowest BCUT2D eigenvalue weighted by Crippen LogP contribution is -2.50. The van der Waals surface area contributed by atoms with E-state index in [0.717, 1.165) is 5.82 Å². The number of amides is 1. The van der Waals surface area contributed by atoms with Crippen LogP contribution in [0.4, 0.5) is 5.82 Å². The molecule has 0 unspecified atom stereocenters. The lowest BCUT2D eigenvalue weighted by molar-refractivity contribution is 0.0744. The average Bonchev–Trinajstić information content (AvgIpc) is 3.04. The summed E-state index contributed by atoms with van der Waals surface area (Å²) in [7, 11) is 1.64. The molecule has 9 nitrogen and oxygen atoms in total. The number of rotatable bonds is 2. The van der Waals surface area contributed by atoms with Crippen LogP contribution in [0.15, 0.2) is 35.5 Å². The van der Waals surface area contributed by atoms with E-state index in [4.69, 9.17) is 0 Å². The van der Waals surface area contributed by atoms with E-state index in [0.29, 0.717) is 37.7 Å². The molecule has 134 valence electrons. The first kappa shape index (κ1) is 16.2. The number of nitrogens with zero attached hydrogens (tertiary/aromatic N) is 7. The molecule has 3 aromatic heterocycles. The molecule has 0 aromatic carbocycles. The highest BCUT2D eigenvalue weighted by molar-refractivity contribution is 5.94. The molecule has 9 heteroatoms. The van der Waals surface area contributed by atoms with Gasteiger partial charge in [0.05, 0.1) is 12.4 Å². The van der Waals surface area contributed by atoms with Crippen molar-refractivity contribution in [3.63, 3.8) is 0 Å². The first-order valence-corrected chi connectivity index (χ1v) is 8.42. The summed E-state index contributed by atoms with van der Waals surface area (Å²) < 4.78 is 3.19. The van der Waals surface area contributed by atoms with Gasteiger partial charge in [-0.2, -0.15) is 4.52 Å². The monoisotopic (exact) mass is 353 g/mol. The number of hydrogen-bond donors (Lipinski definition) is 0. The van der Waals surface area contributed by atoms with E-state index in [-0.39, 0.29) is 17.0 Å². The van der Waals surface area contributed by atoms with E-state index in [2.05, 4.69) is 20.0 Å². The molecule has 1 amide bonds. The molecule has 1 fully saturated rings. The summed E-state index contributed by atoms with van der Waals surface area (Å²) in [6, 6.07) is 3.30. The van der Waals surface area contributed by atoms with Crippen molar-refractivity contribution in [1.29, 1.82) is 0 Å². The Balaban J connectivity index is 1.53. The number of aromatic nitrogens is 5. The minimum absolute atomic E-state index is 0.208. The van der Waals surface area contributed by atoms with E-state index in [1.165, 1.54) is 4.57 Å². The highest BCUT2D eigenvalue weighted by atomic mass is 16.2. The summed E-state index contributed by atoms with van der Waals surface area (Å²) in [5.74, 6) is 1.32. The number of anilines is 1. The van der Waals surface area contributed by atoms with Crippen LogP contribution in [0.1, 0.15) is 16.2 Å². The van der Waals surface area contributed by atoms with Crippen molar-refractivity contribution < 1.29 is 4.79 Å². The lowest BCUT2D eigenvalue weighted by atomic mass is 10.2. The van der Waals surface area contributed by atoms with Crippen LogP contribution in [-0.2, 0) is 7.05 Å². The number of hydrogen-bond acceptors (Lipinski definition) is 6. The predicted octanol–water partition coefficient (Wildman–Crippen LogP) is 0.0938. The third kappa shape index (κ3) is 2.71.